The van der Waals surface area contributed by atoms with Gasteiger partial charge in [-0.15, -0.1) is 0 Å². The van der Waals surface area contributed by atoms with E-state index in [9.17, 15) is 0 Å². The molecule has 1 saturated heterocycles. The van der Waals surface area contributed by atoms with Crippen LogP contribution >= 0.6 is 0 Å². The minimum atomic E-state index is 0.773. The number of hydrogen-bond donors (Lipinski definition) is 1. The van der Waals surface area contributed by atoms with E-state index in [0.29, 0.717) is 0 Å². The van der Waals surface area contributed by atoms with Crippen LogP contribution in [-0.2, 0) is 0 Å². The highest BCUT2D eigenvalue weighted by Gasteiger charge is 2.12. The molecule has 3 nitrogen and oxygen atoms in total. The Balaban J connectivity index is 2.22. The Morgan fingerprint density at radius 2 is 1.82 bits per heavy atom. The van der Waals surface area contributed by atoms with Crippen molar-refractivity contribution in [2.75, 3.05) is 39.8 Å². The van der Waals surface area contributed by atoms with Crippen molar-refractivity contribution in [3.05, 3.63) is 0 Å². The summed E-state index contributed by atoms with van der Waals surface area (Å²) in [4.78, 5) is 4.66. The first kappa shape index (κ1) is 8.68. The lowest BCUT2D eigenvalue weighted by Gasteiger charge is -2.31. The third kappa shape index (κ3) is 2.99. The first-order valence-corrected chi connectivity index (χ1v) is 4.13. The molecule has 11 heavy (non-hydrogen) atoms. The lowest BCUT2D eigenvalue weighted by molar-refractivity contribution is 0.170. The van der Waals surface area contributed by atoms with E-state index < -0.39 is 0 Å². The van der Waals surface area contributed by atoms with Crippen molar-refractivity contribution >= 4 is 5.71 Å². The van der Waals surface area contributed by atoms with Gasteiger partial charge in [-0.25, -0.2) is 0 Å². The zero-order chi connectivity index (χ0) is 8.27. The molecule has 0 unspecified atom stereocenters. The van der Waals surface area contributed by atoms with Crippen LogP contribution in [0.4, 0.5) is 0 Å². The van der Waals surface area contributed by atoms with Crippen LogP contribution in [0.15, 0.2) is 0 Å². The van der Waals surface area contributed by atoms with Gasteiger partial charge < -0.3 is 10.3 Å². The molecule has 0 bridgehead atoms. The van der Waals surface area contributed by atoms with E-state index in [1.807, 2.05) is 6.92 Å². The molecule has 0 aromatic heterocycles. The molecule has 1 N–H and O–H groups in total. The van der Waals surface area contributed by atoms with Gasteiger partial charge in [0.15, 0.2) is 0 Å². The molecule has 64 valence electrons. The quantitative estimate of drug-likeness (QED) is 0.580. The average Bonchev–Trinajstić information content (AvgIpc) is 1.93. The molecular formula is C8H17N3. The summed E-state index contributed by atoms with van der Waals surface area (Å²) in [7, 11) is 2.15. The molecule has 0 aromatic carbocycles. The van der Waals surface area contributed by atoms with Gasteiger partial charge in [0.2, 0.25) is 0 Å². The van der Waals surface area contributed by atoms with E-state index in [2.05, 4.69) is 16.8 Å². The molecule has 1 fully saturated rings. The van der Waals surface area contributed by atoms with E-state index in [1.165, 1.54) is 0 Å². The summed E-state index contributed by atoms with van der Waals surface area (Å²) in [6.07, 6.45) is 0. The first-order valence-electron chi connectivity index (χ1n) is 4.13. The van der Waals surface area contributed by atoms with Gasteiger partial charge in [0, 0.05) is 38.4 Å². The number of hydrogen-bond acceptors (Lipinski definition) is 3. The van der Waals surface area contributed by atoms with Gasteiger partial charge in [0.05, 0.1) is 0 Å². The summed E-state index contributed by atoms with van der Waals surface area (Å²) in [5, 5.41) is 7.33. The fraction of sp³-hybridized carbons (Fsp3) is 0.875. The second-order valence-corrected chi connectivity index (χ2v) is 3.36. The molecule has 1 aliphatic rings. The molecule has 0 aromatic rings. The van der Waals surface area contributed by atoms with Gasteiger partial charge >= 0.3 is 0 Å². The Kier molecular flexibility index (Phi) is 3.02. The lowest BCUT2D eigenvalue weighted by atomic mass is 10.3. The predicted octanol–water partition coefficient (Wildman–Crippen LogP) is 0.273. The van der Waals surface area contributed by atoms with Crippen LogP contribution in [0.2, 0.25) is 0 Å². The van der Waals surface area contributed by atoms with Crippen molar-refractivity contribution in [1.82, 2.24) is 9.80 Å². The van der Waals surface area contributed by atoms with Gasteiger partial charge in [-0.2, -0.15) is 0 Å². The van der Waals surface area contributed by atoms with Crippen molar-refractivity contribution in [3.63, 3.8) is 0 Å². The largest absolute Gasteiger partial charge is 0.309 e. The van der Waals surface area contributed by atoms with Crippen molar-refractivity contribution in [3.8, 4) is 0 Å². The molecule has 0 aliphatic carbocycles. The van der Waals surface area contributed by atoms with Crippen LogP contribution < -0.4 is 0 Å². The summed E-state index contributed by atoms with van der Waals surface area (Å²) in [6.45, 7) is 7.26. The standard InChI is InChI=1S/C8H17N3/c1-8(9)7-11-5-3-10(2)4-6-11/h9H,3-7H2,1-2H3. The first-order chi connectivity index (χ1) is 5.18. The molecule has 1 rings (SSSR count). The molecule has 0 radical (unpaired) electrons. The van der Waals surface area contributed by atoms with Crippen LogP contribution in [0.1, 0.15) is 6.92 Å². The molecule has 0 saturated carbocycles. The fourth-order valence-electron chi connectivity index (χ4n) is 1.34. The summed E-state index contributed by atoms with van der Waals surface area (Å²) in [5.74, 6) is 0. The van der Waals surface area contributed by atoms with Gasteiger partial charge in [0.1, 0.15) is 0 Å². The van der Waals surface area contributed by atoms with Crippen LogP contribution in [0.5, 0.6) is 0 Å². The fourth-order valence-corrected chi connectivity index (χ4v) is 1.34. The van der Waals surface area contributed by atoms with Crippen molar-refractivity contribution in [2.45, 2.75) is 6.92 Å². The highest BCUT2D eigenvalue weighted by Crippen LogP contribution is 1.97. The van der Waals surface area contributed by atoms with E-state index in [4.69, 9.17) is 5.41 Å². The highest BCUT2D eigenvalue weighted by molar-refractivity contribution is 5.80. The van der Waals surface area contributed by atoms with E-state index in [-0.39, 0.29) is 0 Å². The van der Waals surface area contributed by atoms with E-state index in [1.54, 1.807) is 0 Å². The maximum absolute atomic E-state index is 7.33. The number of nitrogens with zero attached hydrogens (tertiary/aromatic N) is 2. The van der Waals surface area contributed by atoms with E-state index >= 15 is 0 Å². The molecule has 3 heteroatoms. The summed E-state index contributed by atoms with van der Waals surface area (Å²) in [5.41, 5.74) is 0.773. The summed E-state index contributed by atoms with van der Waals surface area (Å²) < 4.78 is 0. The predicted molar refractivity (Wildman–Crippen MR) is 47.3 cm³/mol. The second-order valence-electron chi connectivity index (χ2n) is 3.36. The maximum atomic E-state index is 7.33. The molecule has 1 heterocycles. The lowest BCUT2D eigenvalue weighted by Crippen LogP contribution is -2.45. The minimum Gasteiger partial charge on any atom is -0.309 e. The van der Waals surface area contributed by atoms with Crippen LogP contribution in [0.25, 0.3) is 0 Å². The van der Waals surface area contributed by atoms with Gasteiger partial charge in [-0.05, 0) is 14.0 Å². The topological polar surface area (TPSA) is 30.3 Å². The van der Waals surface area contributed by atoms with Gasteiger partial charge in [0.25, 0.3) is 0 Å². The van der Waals surface area contributed by atoms with Crippen molar-refractivity contribution in [2.24, 2.45) is 0 Å². The molecular weight excluding hydrogens is 138 g/mol. The summed E-state index contributed by atoms with van der Waals surface area (Å²) >= 11 is 0. The smallest absolute Gasteiger partial charge is 0.0359 e. The van der Waals surface area contributed by atoms with Crippen LogP contribution in [0, 0.1) is 5.41 Å². The highest BCUT2D eigenvalue weighted by atomic mass is 15.2. The third-order valence-electron chi connectivity index (χ3n) is 2.06. The number of likely N-dealkylation sites (N-methyl/N-ethyl adjacent to an activating group) is 1. The monoisotopic (exact) mass is 155 g/mol. The number of nitrogens with one attached hydrogen (secondary N) is 1. The van der Waals surface area contributed by atoms with Crippen molar-refractivity contribution in [1.29, 1.82) is 5.41 Å². The third-order valence-corrected chi connectivity index (χ3v) is 2.06. The molecule has 1 aliphatic heterocycles. The second kappa shape index (κ2) is 3.83. The van der Waals surface area contributed by atoms with E-state index in [0.717, 1.165) is 38.4 Å². The summed E-state index contributed by atoms with van der Waals surface area (Å²) in [6, 6.07) is 0. The Bertz CT molecular complexity index is 136. The molecule has 0 atom stereocenters. The Morgan fingerprint density at radius 1 is 1.27 bits per heavy atom. The Hall–Kier alpha value is -0.410. The van der Waals surface area contributed by atoms with Crippen LogP contribution in [0.3, 0.4) is 0 Å². The zero-order valence-electron chi connectivity index (χ0n) is 7.43. The SMILES string of the molecule is CC(=N)CN1CCN(C)CC1. The Labute approximate surface area is 68.5 Å². The maximum Gasteiger partial charge on any atom is 0.0359 e. The van der Waals surface area contributed by atoms with Gasteiger partial charge in [-0.1, -0.05) is 0 Å². The zero-order valence-corrected chi connectivity index (χ0v) is 7.43. The number of rotatable bonds is 2. The Morgan fingerprint density at radius 3 is 2.27 bits per heavy atom. The molecule has 0 spiro atoms. The minimum absolute atomic E-state index is 0.773. The van der Waals surface area contributed by atoms with Gasteiger partial charge in [-0.3, -0.25) is 4.90 Å². The number of piperazine rings is 1. The normalized spacial score (nSPS) is 22.0. The average molecular weight is 155 g/mol. The molecule has 0 amide bonds. The van der Waals surface area contributed by atoms with Crippen LogP contribution in [-0.4, -0.2) is 55.3 Å². The van der Waals surface area contributed by atoms with Crippen molar-refractivity contribution < 1.29 is 0 Å².